The number of halogens is 2. The van der Waals surface area contributed by atoms with Gasteiger partial charge in [-0.2, -0.15) is 0 Å². The van der Waals surface area contributed by atoms with E-state index in [2.05, 4.69) is 10.9 Å². The Hall–Kier alpha value is -1.13. The molecule has 0 atom stereocenters. The van der Waals surface area contributed by atoms with Crippen molar-refractivity contribution in [3.05, 3.63) is 34.6 Å². The highest BCUT2D eigenvalue weighted by Gasteiger charge is 2.06. The van der Waals surface area contributed by atoms with E-state index in [1.165, 1.54) is 12.1 Å². The first-order valence-electron chi connectivity index (χ1n) is 3.57. The predicted molar refractivity (Wildman–Crippen MR) is 47.9 cm³/mol. The molecule has 1 aromatic carbocycles. The third-order valence-corrected chi connectivity index (χ3v) is 1.71. The number of hydrazine groups is 1. The van der Waals surface area contributed by atoms with Gasteiger partial charge in [-0.1, -0.05) is 11.6 Å². The number of benzene rings is 1. The summed E-state index contributed by atoms with van der Waals surface area (Å²) in [5.41, 5.74) is 5.11. The molecule has 0 heterocycles. The summed E-state index contributed by atoms with van der Waals surface area (Å²) in [7, 11) is 1.56. The third kappa shape index (κ3) is 2.40. The second kappa shape index (κ2) is 4.20. The average Bonchev–Trinajstić information content (AvgIpc) is 2.10. The number of nitrogens with one attached hydrogen (secondary N) is 2. The van der Waals surface area contributed by atoms with E-state index in [1.54, 1.807) is 7.05 Å². The highest BCUT2D eigenvalue weighted by Crippen LogP contribution is 2.15. The van der Waals surface area contributed by atoms with E-state index in [0.717, 1.165) is 6.07 Å². The Balaban J connectivity index is 2.90. The fraction of sp³-hybridized carbons (Fsp3) is 0.125. The summed E-state index contributed by atoms with van der Waals surface area (Å²) in [5, 5.41) is -0.0660. The molecule has 0 fully saturated rings. The first kappa shape index (κ1) is 9.95. The van der Waals surface area contributed by atoms with Crippen molar-refractivity contribution >= 4 is 17.5 Å². The van der Waals surface area contributed by atoms with E-state index < -0.39 is 5.82 Å². The van der Waals surface area contributed by atoms with Gasteiger partial charge in [-0.25, -0.2) is 9.82 Å². The molecule has 0 saturated carbocycles. The summed E-state index contributed by atoms with van der Waals surface area (Å²) in [5.74, 6) is -0.896. The van der Waals surface area contributed by atoms with Crippen LogP contribution < -0.4 is 10.9 Å². The molecule has 5 heteroatoms. The molecule has 0 bridgehead atoms. The minimum Gasteiger partial charge on any atom is -0.288 e. The molecule has 0 aliphatic heterocycles. The smallest absolute Gasteiger partial charge is 0.265 e. The van der Waals surface area contributed by atoms with Crippen LogP contribution in [0.1, 0.15) is 10.4 Å². The van der Waals surface area contributed by atoms with E-state index in [-0.39, 0.29) is 10.9 Å². The van der Waals surface area contributed by atoms with Gasteiger partial charge in [-0.15, -0.1) is 0 Å². The van der Waals surface area contributed by atoms with Gasteiger partial charge in [0.1, 0.15) is 5.82 Å². The van der Waals surface area contributed by atoms with E-state index in [4.69, 9.17) is 11.6 Å². The molecule has 0 aromatic heterocycles. The number of hydrogen-bond donors (Lipinski definition) is 2. The van der Waals surface area contributed by atoms with Crippen LogP contribution in [0.25, 0.3) is 0 Å². The van der Waals surface area contributed by atoms with Crippen molar-refractivity contribution in [2.45, 2.75) is 0 Å². The van der Waals surface area contributed by atoms with Crippen molar-refractivity contribution in [3.63, 3.8) is 0 Å². The van der Waals surface area contributed by atoms with Crippen LogP contribution in [0, 0.1) is 5.82 Å². The second-order valence-corrected chi connectivity index (χ2v) is 2.74. The molecule has 0 spiro atoms. The topological polar surface area (TPSA) is 41.1 Å². The lowest BCUT2D eigenvalue weighted by molar-refractivity contribution is 0.0938. The zero-order valence-corrected chi connectivity index (χ0v) is 7.65. The normalized spacial score (nSPS) is 9.77. The van der Waals surface area contributed by atoms with Crippen molar-refractivity contribution in [1.82, 2.24) is 10.9 Å². The number of amides is 1. The summed E-state index contributed by atoms with van der Waals surface area (Å²) < 4.78 is 12.7. The molecule has 2 N–H and O–H groups in total. The molecular formula is C8H8ClFN2O. The van der Waals surface area contributed by atoms with Crippen LogP contribution in [0.3, 0.4) is 0 Å². The van der Waals surface area contributed by atoms with Gasteiger partial charge in [0.25, 0.3) is 5.91 Å². The molecule has 0 radical (unpaired) electrons. The Morgan fingerprint density at radius 1 is 1.54 bits per heavy atom. The van der Waals surface area contributed by atoms with Crippen LogP contribution in [0.2, 0.25) is 5.02 Å². The number of carbonyl (C=O) groups excluding carboxylic acids is 1. The molecule has 3 nitrogen and oxygen atoms in total. The van der Waals surface area contributed by atoms with Crippen LogP contribution in [0.15, 0.2) is 18.2 Å². The second-order valence-electron chi connectivity index (χ2n) is 2.33. The predicted octanol–water partition coefficient (Wildman–Crippen LogP) is 1.34. The van der Waals surface area contributed by atoms with Crippen LogP contribution >= 0.6 is 11.6 Å². The molecule has 70 valence electrons. The summed E-state index contributed by atoms with van der Waals surface area (Å²) in [6.07, 6.45) is 0. The maximum Gasteiger partial charge on any atom is 0.265 e. The Morgan fingerprint density at radius 2 is 2.23 bits per heavy atom. The Morgan fingerprint density at radius 3 is 2.77 bits per heavy atom. The molecule has 1 rings (SSSR count). The molecule has 0 saturated heterocycles. The monoisotopic (exact) mass is 202 g/mol. The van der Waals surface area contributed by atoms with Gasteiger partial charge < -0.3 is 0 Å². The molecule has 0 unspecified atom stereocenters. The van der Waals surface area contributed by atoms with Crippen molar-refractivity contribution in [2.75, 3.05) is 7.05 Å². The van der Waals surface area contributed by atoms with Crippen LogP contribution in [-0.4, -0.2) is 13.0 Å². The summed E-state index contributed by atoms with van der Waals surface area (Å²) in [4.78, 5) is 11.2. The SMILES string of the molecule is CNNC(=O)c1ccc(F)c(Cl)c1. The Kier molecular flexibility index (Phi) is 3.22. The minimum atomic E-state index is -0.539. The maximum atomic E-state index is 12.7. The lowest BCUT2D eigenvalue weighted by Gasteiger charge is -2.02. The fourth-order valence-corrected chi connectivity index (χ4v) is 1.00. The van der Waals surface area contributed by atoms with E-state index in [1.807, 2.05) is 0 Å². The van der Waals surface area contributed by atoms with Crippen molar-refractivity contribution in [3.8, 4) is 0 Å². The molecule has 13 heavy (non-hydrogen) atoms. The number of carbonyl (C=O) groups is 1. The quantitative estimate of drug-likeness (QED) is 0.711. The van der Waals surface area contributed by atoms with Crippen LogP contribution in [0.4, 0.5) is 4.39 Å². The van der Waals surface area contributed by atoms with Crippen LogP contribution in [-0.2, 0) is 0 Å². The maximum absolute atomic E-state index is 12.7. The summed E-state index contributed by atoms with van der Waals surface area (Å²) >= 11 is 5.48. The van der Waals surface area contributed by atoms with Crippen molar-refractivity contribution in [1.29, 1.82) is 0 Å². The molecule has 1 amide bonds. The average molecular weight is 203 g/mol. The molecule has 0 aliphatic rings. The molecular weight excluding hydrogens is 195 g/mol. The van der Waals surface area contributed by atoms with Crippen molar-refractivity contribution in [2.24, 2.45) is 0 Å². The minimum absolute atomic E-state index is 0.0660. The van der Waals surface area contributed by atoms with Gasteiger partial charge in [-0.05, 0) is 18.2 Å². The first-order valence-corrected chi connectivity index (χ1v) is 3.95. The highest BCUT2D eigenvalue weighted by molar-refractivity contribution is 6.31. The van der Waals surface area contributed by atoms with Crippen LogP contribution in [0.5, 0.6) is 0 Å². The number of rotatable bonds is 2. The van der Waals surface area contributed by atoms with Crippen molar-refractivity contribution < 1.29 is 9.18 Å². The Bertz CT molecular complexity index is 330. The largest absolute Gasteiger partial charge is 0.288 e. The lowest BCUT2D eigenvalue weighted by atomic mass is 10.2. The van der Waals surface area contributed by atoms with Gasteiger partial charge in [0, 0.05) is 12.6 Å². The number of hydrogen-bond acceptors (Lipinski definition) is 2. The van der Waals surface area contributed by atoms with E-state index >= 15 is 0 Å². The molecule has 1 aromatic rings. The first-order chi connectivity index (χ1) is 6.15. The standard InChI is InChI=1S/C8H8ClFN2O/c1-11-12-8(13)5-2-3-7(10)6(9)4-5/h2-4,11H,1H3,(H,12,13). The van der Waals surface area contributed by atoms with Gasteiger partial charge in [0.15, 0.2) is 0 Å². The van der Waals surface area contributed by atoms with Gasteiger partial charge in [0.05, 0.1) is 5.02 Å². The van der Waals surface area contributed by atoms with E-state index in [0.29, 0.717) is 5.56 Å². The lowest BCUT2D eigenvalue weighted by Crippen LogP contribution is -2.34. The fourth-order valence-electron chi connectivity index (χ4n) is 0.823. The van der Waals surface area contributed by atoms with Gasteiger partial charge in [-0.3, -0.25) is 10.2 Å². The zero-order valence-electron chi connectivity index (χ0n) is 6.90. The van der Waals surface area contributed by atoms with Gasteiger partial charge in [0.2, 0.25) is 0 Å². The zero-order chi connectivity index (χ0) is 9.84. The summed E-state index contributed by atoms with van der Waals surface area (Å²) in [6, 6.07) is 3.77. The Labute approximate surface area is 79.9 Å². The van der Waals surface area contributed by atoms with Gasteiger partial charge >= 0.3 is 0 Å². The molecule has 0 aliphatic carbocycles. The summed E-state index contributed by atoms with van der Waals surface area (Å²) in [6.45, 7) is 0. The highest BCUT2D eigenvalue weighted by atomic mass is 35.5. The van der Waals surface area contributed by atoms with E-state index in [9.17, 15) is 9.18 Å². The third-order valence-electron chi connectivity index (χ3n) is 1.42.